The Hall–Kier alpha value is -5.39. The molecule has 6 aliphatic heterocycles. The lowest BCUT2D eigenvalue weighted by Crippen LogP contribution is -2.58. The quantitative estimate of drug-likeness (QED) is 0.228. The normalized spacial score (nSPS) is 27.2. The molecular weight excluding hydrogens is 755 g/mol. The molecular formula is C49H53N5O6. The molecule has 310 valence electrons. The van der Waals surface area contributed by atoms with Crippen LogP contribution >= 0.6 is 0 Å². The number of rotatable bonds is 6. The Morgan fingerprint density at radius 3 is 2.45 bits per heavy atom. The summed E-state index contributed by atoms with van der Waals surface area (Å²) >= 11 is 0. The fraction of sp³-hybridized carbons (Fsp3) is 0.449. The molecule has 11 rings (SSSR count). The number of piperazine rings is 1. The maximum Gasteiger partial charge on any atom is 0.255 e. The van der Waals surface area contributed by atoms with Gasteiger partial charge in [0.15, 0.2) is 0 Å². The molecule has 0 radical (unpaired) electrons. The van der Waals surface area contributed by atoms with E-state index in [1.165, 1.54) is 27.9 Å². The lowest BCUT2D eigenvalue weighted by atomic mass is 9.69. The van der Waals surface area contributed by atoms with E-state index in [9.17, 15) is 19.5 Å². The molecule has 4 aromatic carbocycles. The maximum atomic E-state index is 13.4. The van der Waals surface area contributed by atoms with Gasteiger partial charge in [0.1, 0.15) is 24.1 Å². The summed E-state index contributed by atoms with van der Waals surface area (Å²) in [6.07, 6.45) is 5.81. The smallest absolute Gasteiger partial charge is 0.255 e. The minimum absolute atomic E-state index is 0.0460. The van der Waals surface area contributed by atoms with Crippen LogP contribution in [0, 0.1) is 5.92 Å². The van der Waals surface area contributed by atoms with Crippen LogP contribution in [0.1, 0.15) is 88.5 Å². The summed E-state index contributed by atoms with van der Waals surface area (Å²) in [7, 11) is 0. The molecule has 1 spiro atoms. The minimum atomic E-state index is -0.626. The van der Waals surface area contributed by atoms with E-state index in [0.29, 0.717) is 42.7 Å². The van der Waals surface area contributed by atoms with E-state index in [-0.39, 0.29) is 35.8 Å². The lowest BCUT2D eigenvalue weighted by Gasteiger charge is -2.46. The van der Waals surface area contributed by atoms with Crippen LogP contribution in [-0.2, 0) is 27.3 Å². The second-order valence-electron chi connectivity index (χ2n) is 18.4. The summed E-state index contributed by atoms with van der Waals surface area (Å²) in [4.78, 5) is 46.9. The Labute approximate surface area is 351 Å². The molecule has 11 heteroatoms. The van der Waals surface area contributed by atoms with Crippen molar-refractivity contribution in [3.8, 4) is 11.5 Å². The van der Waals surface area contributed by atoms with Gasteiger partial charge in [0.2, 0.25) is 11.8 Å². The Kier molecular flexibility index (Phi) is 9.37. The van der Waals surface area contributed by atoms with E-state index < -0.39 is 11.9 Å². The molecule has 6 heterocycles. The predicted molar refractivity (Wildman–Crippen MR) is 228 cm³/mol. The van der Waals surface area contributed by atoms with Gasteiger partial charge in [-0.2, -0.15) is 0 Å². The summed E-state index contributed by atoms with van der Waals surface area (Å²) in [5, 5.41) is 12.7. The molecule has 1 aliphatic carbocycles. The number of ether oxygens (including phenoxy) is 2. The molecule has 4 fully saturated rings. The van der Waals surface area contributed by atoms with Gasteiger partial charge in [-0.1, -0.05) is 48.5 Å². The first kappa shape index (κ1) is 37.6. The third kappa shape index (κ3) is 6.70. The molecule has 4 aromatic rings. The number of hydrogen-bond donors (Lipinski definition) is 2. The zero-order valence-electron chi connectivity index (χ0n) is 34.1. The molecule has 2 N–H and O–H groups in total. The van der Waals surface area contributed by atoms with Crippen LogP contribution in [0.15, 0.2) is 84.9 Å². The summed E-state index contributed by atoms with van der Waals surface area (Å²) < 4.78 is 13.0. The van der Waals surface area contributed by atoms with E-state index in [2.05, 4.69) is 86.7 Å². The molecule has 0 unspecified atom stereocenters. The highest BCUT2D eigenvalue weighted by Gasteiger charge is 2.45. The first-order valence-electron chi connectivity index (χ1n) is 22.1. The van der Waals surface area contributed by atoms with Gasteiger partial charge in [-0.05, 0) is 115 Å². The van der Waals surface area contributed by atoms with Crippen LogP contribution in [0.25, 0.3) is 0 Å². The Morgan fingerprint density at radius 1 is 0.800 bits per heavy atom. The summed E-state index contributed by atoms with van der Waals surface area (Å²) in [5.41, 5.74) is 9.07. The zero-order valence-corrected chi connectivity index (χ0v) is 34.1. The summed E-state index contributed by atoms with van der Waals surface area (Å²) in [5.74, 6) is 1.38. The second-order valence-corrected chi connectivity index (χ2v) is 18.4. The number of carbonyl (C=O) groups is 3. The highest BCUT2D eigenvalue weighted by Crippen LogP contribution is 2.48. The number of amides is 3. The Balaban J connectivity index is 0.699. The first-order valence-corrected chi connectivity index (χ1v) is 22.1. The molecule has 0 saturated carbocycles. The van der Waals surface area contributed by atoms with Gasteiger partial charge in [0.25, 0.3) is 5.91 Å². The van der Waals surface area contributed by atoms with Crippen molar-refractivity contribution in [2.75, 3.05) is 62.3 Å². The third-order valence-electron chi connectivity index (χ3n) is 14.8. The average Bonchev–Trinajstić information content (AvgIpc) is 3.81. The van der Waals surface area contributed by atoms with Crippen molar-refractivity contribution in [2.24, 2.45) is 5.92 Å². The third-order valence-corrected chi connectivity index (χ3v) is 14.8. The van der Waals surface area contributed by atoms with Crippen LogP contribution in [0.3, 0.4) is 0 Å². The number of nitrogens with zero attached hydrogens (tertiary/aromatic N) is 4. The number of hydrogen-bond acceptors (Lipinski definition) is 9. The van der Waals surface area contributed by atoms with Crippen LogP contribution in [0.5, 0.6) is 11.5 Å². The van der Waals surface area contributed by atoms with Gasteiger partial charge in [-0.3, -0.25) is 24.6 Å². The molecule has 0 aromatic heterocycles. The van der Waals surface area contributed by atoms with Crippen molar-refractivity contribution in [2.45, 2.75) is 81.0 Å². The number of fused-ring (bicyclic) bond motifs is 5. The second kappa shape index (κ2) is 15.0. The van der Waals surface area contributed by atoms with Crippen LogP contribution in [-0.4, -0.2) is 103 Å². The maximum absolute atomic E-state index is 13.4. The highest BCUT2D eigenvalue weighted by atomic mass is 16.5. The number of imide groups is 1. The molecule has 3 amide bonds. The molecule has 11 nitrogen and oxygen atoms in total. The number of anilines is 2. The standard InChI is InChI=1S/C49H53N5O6/c55-38-11-13-40-34(22-38)8-12-39(32-4-2-1-3-5-32)46(40)33-6-9-36(10-7-33)52-18-16-49(17-19-52)25-31(29-60-49)26-51-20-21-53-37(28-51)30-59-44-24-41-35(23-43(44)53)27-54(48(41)58)42-14-15-45(56)50-47(42)57/h1-7,9-11,13,22-24,31,37,39,42,46,55H,8,12,14-21,25-30H2,(H,50,56,57)/t31-,37+,39-,42-,46+/m0/s1. The fourth-order valence-electron chi connectivity index (χ4n) is 11.8. The van der Waals surface area contributed by atoms with Gasteiger partial charge in [-0.25, -0.2) is 0 Å². The van der Waals surface area contributed by atoms with Crippen LogP contribution in [0.4, 0.5) is 11.4 Å². The highest BCUT2D eigenvalue weighted by molar-refractivity contribution is 6.06. The summed E-state index contributed by atoms with van der Waals surface area (Å²) in [6.45, 7) is 7.52. The SMILES string of the molecule is O=C1CC[C@H](N2Cc3cc4c(cc3C2=O)OC[C@H]2CN(C[C@H]3COC5(CCN(c6ccc([C@H]7c8ccc(O)cc8CC[C@H]7c7ccccc7)cc6)CC5)C3)CCN42)C(=O)N1. The molecule has 4 saturated heterocycles. The monoisotopic (exact) mass is 807 g/mol. The first-order chi connectivity index (χ1) is 29.3. The van der Waals surface area contributed by atoms with E-state index in [1.807, 2.05) is 18.2 Å². The molecule has 5 atom stereocenters. The van der Waals surface area contributed by atoms with E-state index >= 15 is 0 Å². The number of aryl methyl sites for hydroxylation is 1. The van der Waals surface area contributed by atoms with Crippen LogP contribution in [0.2, 0.25) is 0 Å². The van der Waals surface area contributed by atoms with Crippen molar-refractivity contribution in [3.63, 3.8) is 0 Å². The van der Waals surface area contributed by atoms with Gasteiger partial charge < -0.3 is 29.3 Å². The van der Waals surface area contributed by atoms with E-state index in [1.54, 1.807) is 4.90 Å². The van der Waals surface area contributed by atoms with Crippen molar-refractivity contribution < 1.29 is 29.0 Å². The number of carbonyl (C=O) groups excluding carboxylic acids is 3. The van der Waals surface area contributed by atoms with Crippen molar-refractivity contribution >= 4 is 29.1 Å². The average molecular weight is 808 g/mol. The van der Waals surface area contributed by atoms with Crippen LogP contribution < -0.4 is 19.9 Å². The lowest BCUT2D eigenvalue weighted by molar-refractivity contribution is -0.136. The fourth-order valence-corrected chi connectivity index (χ4v) is 11.8. The predicted octanol–water partition coefficient (Wildman–Crippen LogP) is 5.97. The molecule has 7 aliphatic rings. The minimum Gasteiger partial charge on any atom is -0.508 e. The molecule has 0 bridgehead atoms. The van der Waals surface area contributed by atoms with Crippen molar-refractivity contribution in [1.82, 2.24) is 15.1 Å². The summed E-state index contributed by atoms with van der Waals surface area (Å²) in [6, 6.07) is 29.7. The van der Waals surface area contributed by atoms with Crippen molar-refractivity contribution in [1.29, 1.82) is 0 Å². The largest absolute Gasteiger partial charge is 0.508 e. The topological polar surface area (TPSA) is 115 Å². The number of nitrogens with one attached hydrogen (secondary N) is 1. The number of aromatic hydroxyl groups is 1. The number of benzene rings is 4. The number of piperidine rings is 2. The Morgan fingerprint density at radius 2 is 1.63 bits per heavy atom. The van der Waals surface area contributed by atoms with Gasteiger partial charge >= 0.3 is 0 Å². The molecule has 60 heavy (non-hydrogen) atoms. The van der Waals surface area contributed by atoms with Gasteiger partial charge in [0, 0.05) is 69.4 Å². The van der Waals surface area contributed by atoms with Gasteiger partial charge in [0.05, 0.1) is 23.9 Å². The van der Waals surface area contributed by atoms with E-state index in [4.69, 9.17) is 9.47 Å². The zero-order chi connectivity index (χ0) is 40.5. The van der Waals surface area contributed by atoms with Crippen molar-refractivity contribution in [3.05, 3.63) is 118 Å². The Bertz CT molecular complexity index is 2330. The van der Waals surface area contributed by atoms with E-state index in [0.717, 1.165) is 95.0 Å². The van der Waals surface area contributed by atoms with Gasteiger partial charge in [-0.15, -0.1) is 0 Å². The number of phenols is 1. The number of phenolic OH excluding ortho intramolecular Hbond substituents is 1.